The first-order valence-corrected chi connectivity index (χ1v) is 5.04. The molecule has 0 N–H and O–H groups in total. The third-order valence-corrected chi connectivity index (χ3v) is 2.53. The van der Waals surface area contributed by atoms with Gasteiger partial charge in [-0.25, -0.2) is 0 Å². The Morgan fingerprint density at radius 3 is 2.69 bits per heavy atom. The molecule has 0 bridgehead atoms. The summed E-state index contributed by atoms with van der Waals surface area (Å²) in [5, 5.41) is 11.9. The molecule has 0 amide bonds. The lowest BCUT2D eigenvalue weighted by molar-refractivity contribution is -0.141. The van der Waals surface area contributed by atoms with Gasteiger partial charge in [0, 0.05) is 11.6 Å². The molecule has 6 heteroatoms. The summed E-state index contributed by atoms with van der Waals surface area (Å²) >= 11 is 0. The molecule has 1 fully saturated rings. The van der Waals surface area contributed by atoms with Crippen molar-refractivity contribution in [1.29, 1.82) is 5.26 Å². The van der Waals surface area contributed by atoms with Crippen molar-refractivity contribution in [3.05, 3.63) is 17.5 Å². The van der Waals surface area contributed by atoms with E-state index in [0.29, 0.717) is 5.69 Å². The number of nitrogens with zero attached hydrogens (tertiary/aromatic N) is 3. The Hall–Kier alpha value is -1.51. The lowest BCUT2D eigenvalue weighted by Gasteiger charge is -2.02. The third-order valence-electron chi connectivity index (χ3n) is 2.53. The fraction of sp³-hybridized carbons (Fsp3) is 0.600. The summed E-state index contributed by atoms with van der Waals surface area (Å²) in [6, 6.07) is 3.01. The lowest BCUT2D eigenvalue weighted by Crippen LogP contribution is -2.08. The first-order valence-electron chi connectivity index (χ1n) is 5.04. The SMILES string of the molecule is N#CCCn1nc(C(F)(F)F)cc1C1CC1. The Bertz CT molecular complexity index is 423. The van der Waals surface area contributed by atoms with Crippen molar-refractivity contribution in [3.63, 3.8) is 0 Å². The quantitative estimate of drug-likeness (QED) is 0.799. The molecule has 0 atom stereocenters. The van der Waals surface area contributed by atoms with Crippen molar-refractivity contribution in [1.82, 2.24) is 9.78 Å². The van der Waals surface area contributed by atoms with Crippen LogP contribution in [0.2, 0.25) is 0 Å². The Morgan fingerprint density at radius 2 is 2.19 bits per heavy atom. The van der Waals surface area contributed by atoms with Gasteiger partial charge in [0.1, 0.15) is 0 Å². The molecule has 1 saturated carbocycles. The lowest BCUT2D eigenvalue weighted by atomic mass is 10.2. The second kappa shape index (κ2) is 3.81. The van der Waals surface area contributed by atoms with Gasteiger partial charge in [-0.2, -0.15) is 23.5 Å². The second-order valence-corrected chi connectivity index (χ2v) is 3.86. The normalized spacial score (nSPS) is 16.1. The fourth-order valence-electron chi connectivity index (χ4n) is 1.61. The molecule has 1 aliphatic carbocycles. The molecular weight excluding hydrogens is 219 g/mol. The van der Waals surface area contributed by atoms with Gasteiger partial charge < -0.3 is 0 Å². The number of halogens is 3. The van der Waals surface area contributed by atoms with Crippen LogP contribution >= 0.6 is 0 Å². The number of alkyl halides is 3. The first kappa shape index (κ1) is 11.0. The molecule has 0 unspecified atom stereocenters. The maximum atomic E-state index is 12.4. The van der Waals surface area contributed by atoms with Crippen molar-refractivity contribution in [2.24, 2.45) is 0 Å². The highest BCUT2D eigenvalue weighted by molar-refractivity contribution is 5.21. The molecule has 1 aliphatic rings. The van der Waals surface area contributed by atoms with Crippen LogP contribution in [0.5, 0.6) is 0 Å². The molecule has 86 valence electrons. The topological polar surface area (TPSA) is 41.6 Å². The zero-order valence-electron chi connectivity index (χ0n) is 8.46. The highest BCUT2D eigenvalue weighted by Gasteiger charge is 2.37. The van der Waals surface area contributed by atoms with Gasteiger partial charge >= 0.3 is 6.18 Å². The van der Waals surface area contributed by atoms with E-state index in [2.05, 4.69) is 5.10 Å². The summed E-state index contributed by atoms with van der Waals surface area (Å²) in [6.45, 7) is 0.235. The third kappa shape index (κ3) is 2.18. The van der Waals surface area contributed by atoms with Crippen molar-refractivity contribution >= 4 is 0 Å². The van der Waals surface area contributed by atoms with Crippen LogP contribution in [0, 0.1) is 11.3 Å². The summed E-state index contributed by atoms with van der Waals surface area (Å²) in [5.74, 6) is 0.197. The van der Waals surface area contributed by atoms with Crippen molar-refractivity contribution < 1.29 is 13.2 Å². The Labute approximate surface area is 90.5 Å². The monoisotopic (exact) mass is 229 g/mol. The summed E-state index contributed by atoms with van der Waals surface area (Å²) in [5.41, 5.74) is -0.241. The highest BCUT2D eigenvalue weighted by Crippen LogP contribution is 2.42. The molecule has 0 spiro atoms. The largest absolute Gasteiger partial charge is 0.435 e. The van der Waals surface area contributed by atoms with E-state index in [1.807, 2.05) is 6.07 Å². The first-order chi connectivity index (χ1) is 7.52. The van der Waals surface area contributed by atoms with Crippen LogP contribution < -0.4 is 0 Å². The smallest absolute Gasteiger partial charge is 0.268 e. The van der Waals surface area contributed by atoms with Crippen LogP contribution in [0.15, 0.2) is 6.07 Å². The molecule has 0 radical (unpaired) electrons. The number of aryl methyl sites for hydroxylation is 1. The van der Waals surface area contributed by atoms with Gasteiger partial charge in [0.05, 0.1) is 19.0 Å². The van der Waals surface area contributed by atoms with E-state index in [1.54, 1.807) is 0 Å². The number of hydrogen-bond donors (Lipinski definition) is 0. The van der Waals surface area contributed by atoms with Gasteiger partial charge in [-0.05, 0) is 18.9 Å². The van der Waals surface area contributed by atoms with E-state index in [1.165, 1.54) is 4.68 Å². The van der Waals surface area contributed by atoms with Crippen LogP contribution in [-0.4, -0.2) is 9.78 Å². The minimum Gasteiger partial charge on any atom is -0.268 e. The maximum absolute atomic E-state index is 12.4. The van der Waals surface area contributed by atoms with Crippen molar-refractivity contribution in [2.45, 2.75) is 37.9 Å². The van der Waals surface area contributed by atoms with Crippen molar-refractivity contribution in [3.8, 4) is 6.07 Å². The highest BCUT2D eigenvalue weighted by atomic mass is 19.4. The van der Waals surface area contributed by atoms with Gasteiger partial charge in [0.25, 0.3) is 0 Å². The Balaban J connectivity index is 2.27. The van der Waals surface area contributed by atoms with Crippen molar-refractivity contribution in [2.75, 3.05) is 0 Å². The zero-order valence-corrected chi connectivity index (χ0v) is 8.46. The average molecular weight is 229 g/mol. The number of hydrogen-bond acceptors (Lipinski definition) is 2. The van der Waals surface area contributed by atoms with Crippen LogP contribution in [0.1, 0.15) is 36.6 Å². The Kier molecular flexibility index (Phi) is 2.62. The Morgan fingerprint density at radius 1 is 1.50 bits per heavy atom. The van der Waals surface area contributed by atoms with E-state index >= 15 is 0 Å². The molecule has 3 nitrogen and oxygen atoms in total. The van der Waals surface area contributed by atoms with Gasteiger partial charge in [-0.1, -0.05) is 0 Å². The molecule has 1 heterocycles. The van der Waals surface area contributed by atoms with Crippen LogP contribution in [0.3, 0.4) is 0 Å². The average Bonchev–Trinajstić information content (AvgIpc) is 2.94. The maximum Gasteiger partial charge on any atom is 0.435 e. The van der Waals surface area contributed by atoms with E-state index in [-0.39, 0.29) is 18.9 Å². The van der Waals surface area contributed by atoms with Crippen LogP contribution in [0.25, 0.3) is 0 Å². The summed E-state index contributed by atoms with van der Waals surface area (Å²) < 4.78 is 38.7. The van der Waals surface area contributed by atoms with E-state index in [0.717, 1.165) is 18.9 Å². The van der Waals surface area contributed by atoms with E-state index in [9.17, 15) is 13.2 Å². The molecule has 0 aromatic carbocycles. The predicted octanol–water partition coefficient (Wildman–Crippen LogP) is 2.69. The molecular formula is C10H10F3N3. The minimum atomic E-state index is -4.40. The van der Waals surface area contributed by atoms with Gasteiger partial charge in [-0.15, -0.1) is 0 Å². The zero-order chi connectivity index (χ0) is 11.8. The van der Waals surface area contributed by atoms with Crippen LogP contribution in [-0.2, 0) is 12.7 Å². The molecule has 1 aromatic heterocycles. The summed E-state index contributed by atoms with van der Waals surface area (Å²) in [4.78, 5) is 0. The molecule has 0 saturated heterocycles. The standard InChI is InChI=1S/C10H10F3N3/c11-10(12,13)9-6-8(7-2-3-7)16(15-9)5-1-4-14/h6-7H,1-3,5H2. The summed E-state index contributed by atoms with van der Waals surface area (Å²) in [6.07, 6.45) is -2.40. The predicted molar refractivity (Wildman–Crippen MR) is 49.4 cm³/mol. The van der Waals surface area contributed by atoms with Gasteiger partial charge in [-0.3, -0.25) is 4.68 Å². The van der Waals surface area contributed by atoms with Gasteiger partial charge in [0.15, 0.2) is 5.69 Å². The molecule has 0 aliphatic heterocycles. The van der Waals surface area contributed by atoms with Crippen LogP contribution in [0.4, 0.5) is 13.2 Å². The second-order valence-electron chi connectivity index (χ2n) is 3.86. The van der Waals surface area contributed by atoms with Gasteiger partial charge in [0.2, 0.25) is 0 Å². The minimum absolute atomic E-state index is 0.179. The molecule has 2 rings (SSSR count). The fourth-order valence-corrected chi connectivity index (χ4v) is 1.61. The molecule has 1 aromatic rings. The number of rotatable bonds is 3. The molecule has 16 heavy (non-hydrogen) atoms. The van der Waals surface area contributed by atoms with E-state index < -0.39 is 11.9 Å². The summed E-state index contributed by atoms with van der Waals surface area (Å²) in [7, 11) is 0. The number of aromatic nitrogens is 2. The number of nitriles is 1. The van der Waals surface area contributed by atoms with E-state index in [4.69, 9.17) is 5.26 Å².